The van der Waals surface area contributed by atoms with E-state index in [0.717, 1.165) is 21.0 Å². The molecule has 0 spiro atoms. The van der Waals surface area contributed by atoms with Gasteiger partial charge in [-0.25, -0.2) is 0 Å². The largest absolute Gasteiger partial charge is 0.397 e. The second-order valence-corrected chi connectivity index (χ2v) is 6.91. The topological polar surface area (TPSA) is 84.2 Å². The summed E-state index contributed by atoms with van der Waals surface area (Å²) in [7, 11) is 0. The summed E-state index contributed by atoms with van der Waals surface area (Å²) in [4.78, 5) is 24.5. The Morgan fingerprint density at radius 1 is 1.48 bits per heavy atom. The molecule has 7 heteroatoms. The summed E-state index contributed by atoms with van der Waals surface area (Å²) >= 11 is 4.74. The number of hydrogen-bond donors (Lipinski definition) is 3. The zero-order valence-electron chi connectivity index (χ0n) is 11.1. The van der Waals surface area contributed by atoms with Crippen LogP contribution in [0.4, 0.5) is 5.69 Å². The van der Waals surface area contributed by atoms with E-state index in [2.05, 4.69) is 26.6 Å². The first kappa shape index (κ1) is 14.3. The molecule has 1 aliphatic heterocycles. The van der Waals surface area contributed by atoms with E-state index in [0.29, 0.717) is 23.5 Å². The number of carbonyl (C=O) groups is 2. The standard InChI is InChI=1S/C14H14BrN3O2S/c15-7-3-4-8-10(6-7)21-12(11(8)16)14(20)18-9-2-1-5-17-13(9)19/h3-4,6,9H,1-2,5,16H2,(H,17,19)(H,18,20). The van der Waals surface area contributed by atoms with Crippen LogP contribution in [0.25, 0.3) is 10.1 Å². The van der Waals surface area contributed by atoms with E-state index >= 15 is 0 Å². The van der Waals surface area contributed by atoms with Gasteiger partial charge in [0, 0.05) is 21.1 Å². The van der Waals surface area contributed by atoms with Crippen molar-refractivity contribution in [3.8, 4) is 0 Å². The number of halogens is 1. The predicted molar refractivity (Wildman–Crippen MR) is 87.4 cm³/mol. The van der Waals surface area contributed by atoms with Crippen LogP contribution in [0.3, 0.4) is 0 Å². The van der Waals surface area contributed by atoms with Gasteiger partial charge in [-0.2, -0.15) is 0 Å². The van der Waals surface area contributed by atoms with Crippen molar-refractivity contribution < 1.29 is 9.59 Å². The van der Waals surface area contributed by atoms with Crippen molar-refractivity contribution in [3.63, 3.8) is 0 Å². The molecule has 0 radical (unpaired) electrons. The molecule has 0 bridgehead atoms. The van der Waals surface area contributed by atoms with E-state index in [-0.39, 0.29) is 11.8 Å². The van der Waals surface area contributed by atoms with Crippen molar-refractivity contribution in [2.45, 2.75) is 18.9 Å². The normalized spacial score (nSPS) is 18.5. The summed E-state index contributed by atoms with van der Waals surface area (Å²) in [6.07, 6.45) is 1.53. The van der Waals surface area contributed by atoms with Crippen LogP contribution in [-0.2, 0) is 4.79 Å². The van der Waals surface area contributed by atoms with E-state index in [1.54, 1.807) is 0 Å². The van der Waals surface area contributed by atoms with Gasteiger partial charge in [0.1, 0.15) is 10.9 Å². The smallest absolute Gasteiger partial charge is 0.264 e. The number of thiophene rings is 1. The monoisotopic (exact) mass is 367 g/mol. The number of amides is 2. The fourth-order valence-corrected chi connectivity index (χ4v) is 3.97. The molecule has 2 amide bonds. The highest BCUT2D eigenvalue weighted by atomic mass is 79.9. The van der Waals surface area contributed by atoms with Crippen LogP contribution >= 0.6 is 27.3 Å². The molecule has 2 aromatic rings. The number of nitrogens with one attached hydrogen (secondary N) is 2. The minimum absolute atomic E-state index is 0.128. The van der Waals surface area contributed by atoms with Gasteiger partial charge in [-0.15, -0.1) is 11.3 Å². The lowest BCUT2D eigenvalue weighted by Crippen LogP contribution is -2.50. The Labute approximate surface area is 134 Å². The molecule has 4 N–H and O–H groups in total. The number of nitrogen functional groups attached to an aromatic ring is 1. The zero-order valence-corrected chi connectivity index (χ0v) is 13.5. The highest BCUT2D eigenvalue weighted by molar-refractivity contribution is 9.10. The number of anilines is 1. The van der Waals surface area contributed by atoms with Crippen LogP contribution in [0, 0.1) is 0 Å². The molecule has 0 aliphatic carbocycles. The summed E-state index contributed by atoms with van der Waals surface area (Å²) < 4.78 is 1.88. The van der Waals surface area contributed by atoms with Crippen molar-refractivity contribution in [3.05, 3.63) is 27.5 Å². The Kier molecular flexibility index (Phi) is 3.86. The maximum Gasteiger partial charge on any atom is 0.264 e. The minimum Gasteiger partial charge on any atom is -0.397 e. The Balaban J connectivity index is 1.87. The minimum atomic E-state index is -0.470. The number of rotatable bonds is 2. The third-order valence-corrected chi connectivity index (χ3v) is 5.15. The highest BCUT2D eigenvalue weighted by Crippen LogP contribution is 2.35. The molecule has 0 saturated carbocycles. The summed E-state index contributed by atoms with van der Waals surface area (Å²) in [5.41, 5.74) is 6.53. The van der Waals surface area contributed by atoms with Crippen molar-refractivity contribution in [1.29, 1.82) is 0 Å². The number of piperidine rings is 1. The van der Waals surface area contributed by atoms with E-state index in [1.807, 2.05) is 18.2 Å². The maximum absolute atomic E-state index is 12.4. The molecular weight excluding hydrogens is 354 g/mol. The Bertz CT molecular complexity index is 728. The van der Waals surface area contributed by atoms with Crippen molar-refractivity contribution in [2.24, 2.45) is 0 Å². The summed E-state index contributed by atoms with van der Waals surface area (Å²) in [6, 6.07) is 5.24. The van der Waals surface area contributed by atoms with E-state index in [4.69, 9.17) is 5.73 Å². The van der Waals surface area contributed by atoms with Crippen LogP contribution in [-0.4, -0.2) is 24.4 Å². The second kappa shape index (κ2) is 5.65. The van der Waals surface area contributed by atoms with Gasteiger partial charge in [0.15, 0.2) is 0 Å². The molecule has 1 aliphatic rings. The predicted octanol–water partition coefficient (Wildman–Crippen LogP) is 2.25. The molecule has 110 valence electrons. The lowest BCUT2D eigenvalue weighted by Gasteiger charge is -2.22. The first-order valence-electron chi connectivity index (χ1n) is 6.62. The van der Waals surface area contributed by atoms with Crippen LogP contribution in [0.2, 0.25) is 0 Å². The van der Waals surface area contributed by atoms with Gasteiger partial charge in [-0.05, 0) is 25.0 Å². The molecule has 2 heterocycles. The van der Waals surface area contributed by atoms with Crippen LogP contribution in [0.1, 0.15) is 22.5 Å². The number of carbonyl (C=O) groups excluding carboxylic acids is 2. The summed E-state index contributed by atoms with van der Waals surface area (Å²) in [5.74, 6) is -0.413. The molecule has 5 nitrogen and oxygen atoms in total. The maximum atomic E-state index is 12.4. The van der Waals surface area contributed by atoms with Gasteiger partial charge in [-0.3, -0.25) is 9.59 Å². The van der Waals surface area contributed by atoms with Crippen LogP contribution < -0.4 is 16.4 Å². The first-order valence-corrected chi connectivity index (χ1v) is 8.23. The van der Waals surface area contributed by atoms with E-state index < -0.39 is 6.04 Å². The van der Waals surface area contributed by atoms with Gasteiger partial charge in [0.05, 0.1) is 5.69 Å². The van der Waals surface area contributed by atoms with Crippen LogP contribution in [0.15, 0.2) is 22.7 Å². The average Bonchev–Trinajstić information content (AvgIpc) is 2.78. The van der Waals surface area contributed by atoms with Gasteiger partial charge in [0.25, 0.3) is 5.91 Å². The van der Waals surface area contributed by atoms with Gasteiger partial charge < -0.3 is 16.4 Å². The van der Waals surface area contributed by atoms with Gasteiger partial charge in [-0.1, -0.05) is 22.0 Å². The molecule has 1 saturated heterocycles. The fourth-order valence-electron chi connectivity index (χ4n) is 2.39. The SMILES string of the molecule is Nc1c(C(=O)NC2CCCNC2=O)sc2cc(Br)ccc12. The van der Waals surface area contributed by atoms with Crippen LogP contribution in [0.5, 0.6) is 0 Å². The van der Waals surface area contributed by atoms with E-state index in [1.165, 1.54) is 11.3 Å². The first-order chi connectivity index (χ1) is 10.1. The number of hydrogen-bond acceptors (Lipinski definition) is 4. The molecule has 1 aromatic heterocycles. The van der Waals surface area contributed by atoms with E-state index in [9.17, 15) is 9.59 Å². The third kappa shape index (κ3) is 2.75. The van der Waals surface area contributed by atoms with Crippen molar-refractivity contribution in [1.82, 2.24) is 10.6 Å². The van der Waals surface area contributed by atoms with Crippen molar-refractivity contribution >= 4 is 54.9 Å². The second-order valence-electron chi connectivity index (χ2n) is 4.94. The number of benzene rings is 1. The quantitative estimate of drug-likeness (QED) is 0.760. The molecule has 1 unspecified atom stereocenters. The highest BCUT2D eigenvalue weighted by Gasteiger charge is 2.26. The molecule has 21 heavy (non-hydrogen) atoms. The number of fused-ring (bicyclic) bond motifs is 1. The Morgan fingerprint density at radius 3 is 3.05 bits per heavy atom. The Hall–Kier alpha value is -1.60. The lowest BCUT2D eigenvalue weighted by atomic mass is 10.1. The van der Waals surface area contributed by atoms with Gasteiger partial charge >= 0.3 is 0 Å². The average molecular weight is 368 g/mol. The lowest BCUT2D eigenvalue weighted by molar-refractivity contribution is -0.124. The van der Waals surface area contributed by atoms with Gasteiger partial charge in [0.2, 0.25) is 5.91 Å². The molecule has 1 atom stereocenters. The zero-order chi connectivity index (χ0) is 15.0. The Morgan fingerprint density at radius 2 is 2.29 bits per heavy atom. The third-order valence-electron chi connectivity index (χ3n) is 3.49. The molecular formula is C14H14BrN3O2S. The molecule has 3 rings (SSSR count). The summed E-state index contributed by atoms with van der Waals surface area (Å²) in [5, 5.41) is 6.38. The summed E-state index contributed by atoms with van der Waals surface area (Å²) in [6.45, 7) is 0.671. The molecule has 1 aromatic carbocycles. The number of nitrogens with two attached hydrogens (primary N) is 1. The van der Waals surface area contributed by atoms with Crippen molar-refractivity contribution in [2.75, 3.05) is 12.3 Å². The molecule has 1 fully saturated rings. The fraction of sp³-hybridized carbons (Fsp3) is 0.286.